The first-order chi connectivity index (χ1) is 14.1. The molecule has 0 unspecified atom stereocenters. The van der Waals surface area contributed by atoms with Gasteiger partial charge in [-0.15, -0.1) is 6.58 Å². The van der Waals surface area contributed by atoms with Crippen molar-refractivity contribution in [2.24, 2.45) is 4.99 Å². The summed E-state index contributed by atoms with van der Waals surface area (Å²) in [5.74, 6) is 0.364. The van der Waals surface area contributed by atoms with Gasteiger partial charge in [0.1, 0.15) is 0 Å². The fourth-order valence-corrected chi connectivity index (χ4v) is 4.06. The molecule has 2 heterocycles. The molecule has 1 amide bonds. The highest BCUT2D eigenvalue weighted by molar-refractivity contribution is 7.16. The molecular formula is C21H18N2O5S. The van der Waals surface area contributed by atoms with Gasteiger partial charge in [0.05, 0.1) is 22.4 Å². The molecule has 1 aliphatic heterocycles. The molecule has 0 bridgehead atoms. The minimum atomic E-state index is -0.390. The van der Waals surface area contributed by atoms with Crippen LogP contribution in [-0.4, -0.2) is 29.8 Å². The van der Waals surface area contributed by atoms with Crippen LogP contribution in [0.25, 0.3) is 10.2 Å². The lowest BCUT2D eigenvalue weighted by Crippen LogP contribution is -2.16. The van der Waals surface area contributed by atoms with Crippen molar-refractivity contribution in [1.82, 2.24) is 4.57 Å². The molecule has 1 aromatic heterocycles. The molecule has 0 aliphatic carbocycles. The van der Waals surface area contributed by atoms with E-state index in [1.54, 1.807) is 43.3 Å². The Hall–Kier alpha value is -3.39. The van der Waals surface area contributed by atoms with Crippen LogP contribution in [0.1, 0.15) is 27.6 Å². The molecule has 4 rings (SSSR count). The third-order valence-corrected chi connectivity index (χ3v) is 5.36. The Kier molecular flexibility index (Phi) is 5.18. The topological polar surface area (TPSA) is 79.1 Å². The van der Waals surface area contributed by atoms with Crippen molar-refractivity contribution in [3.05, 3.63) is 65.0 Å². The number of carbonyl (C=O) groups excluding carboxylic acids is 2. The fourth-order valence-electron chi connectivity index (χ4n) is 2.99. The van der Waals surface area contributed by atoms with E-state index in [0.717, 1.165) is 10.2 Å². The van der Waals surface area contributed by atoms with Crippen molar-refractivity contribution in [3.8, 4) is 11.5 Å². The summed E-state index contributed by atoms with van der Waals surface area (Å²) < 4.78 is 18.4. The lowest BCUT2D eigenvalue weighted by atomic mass is 10.2. The zero-order chi connectivity index (χ0) is 20.4. The monoisotopic (exact) mass is 410 g/mol. The van der Waals surface area contributed by atoms with Gasteiger partial charge in [0.2, 0.25) is 6.79 Å². The molecule has 0 radical (unpaired) electrons. The van der Waals surface area contributed by atoms with E-state index in [4.69, 9.17) is 14.2 Å². The minimum Gasteiger partial charge on any atom is -0.462 e. The summed E-state index contributed by atoms with van der Waals surface area (Å²) in [6.45, 7) is 6.47. The molecule has 1 aliphatic rings. The van der Waals surface area contributed by atoms with E-state index in [1.807, 2.05) is 10.6 Å². The predicted molar refractivity (Wildman–Crippen MR) is 108 cm³/mol. The highest BCUT2D eigenvalue weighted by Crippen LogP contribution is 2.32. The van der Waals surface area contributed by atoms with Gasteiger partial charge in [0.15, 0.2) is 16.3 Å². The van der Waals surface area contributed by atoms with Crippen molar-refractivity contribution in [2.75, 3.05) is 13.4 Å². The molecule has 148 valence electrons. The Bertz CT molecular complexity index is 1190. The van der Waals surface area contributed by atoms with E-state index >= 15 is 0 Å². The number of carbonyl (C=O) groups is 2. The van der Waals surface area contributed by atoms with Crippen molar-refractivity contribution in [2.45, 2.75) is 13.5 Å². The number of fused-ring (bicyclic) bond motifs is 2. The van der Waals surface area contributed by atoms with Gasteiger partial charge in [0, 0.05) is 12.1 Å². The molecule has 7 nitrogen and oxygen atoms in total. The third-order valence-electron chi connectivity index (χ3n) is 4.32. The Morgan fingerprint density at radius 2 is 2.00 bits per heavy atom. The Balaban J connectivity index is 1.76. The Labute approximate surface area is 170 Å². The Morgan fingerprint density at radius 1 is 1.21 bits per heavy atom. The lowest BCUT2D eigenvalue weighted by Gasteiger charge is -2.03. The number of benzene rings is 2. The standard InChI is InChI=1S/C21H18N2O5S/c1-3-9-23-15-7-5-14(20(25)26-4-2)11-18(15)29-21(23)22-19(24)13-6-8-16-17(10-13)28-12-27-16/h3,5-8,10-11H,1,4,9,12H2,2H3. The first-order valence-corrected chi connectivity index (χ1v) is 9.82. The lowest BCUT2D eigenvalue weighted by molar-refractivity contribution is 0.0526. The maximum absolute atomic E-state index is 12.7. The van der Waals surface area contributed by atoms with Crippen LogP contribution in [-0.2, 0) is 11.3 Å². The van der Waals surface area contributed by atoms with E-state index in [2.05, 4.69) is 11.6 Å². The summed E-state index contributed by atoms with van der Waals surface area (Å²) in [7, 11) is 0. The molecule has 0 saturated heterocycles. The molecule has 3 aromatic rings. The van der Waals surface area contributed by atoms with E-state index in [-0.39, 0.29) is 12.8 Å². The number of nitrogens with zero attached hydrogens (tertiary/aromatic N) is 2. The molecule has 8 heteroatoms. The second kappa shape index (κ2) is 7.92. The summed E-state index contributed by atoms with van der Waals surface area (Å²) in [5, 5.41) is 0. The van der Waals surface area contributed by atoms with E-state index in [9.17, 15) is 9.59 Å². The SMILES string of the molecule is C=CCn1c(=NC(=O)c2ccc3c(c2)OCO3)sc2cc(C(=O)OCC)ccc21. The highest BCUT2D eigenvalue weighted by Gasteiger charge is 2.17. The minimum absolute atomic E-state index is 0.141. The summed E-state index contributed by atoms with van der Waals surface area (Å²) in [6, 6.07) is 10.3. The number of allylic oxidation sites excluding steroid dienone is 1. The van der Waals surface area contributed by atoms with Gasteiger partial charge in [-0.1, -0.05) is 17.4 Å². The zero-order valence-corrected chi connectivity index (χ0v) is 16.5. The second-order valence-electron chi connectivity index (χ2n) is 6.17. The maximum atomic E-state index is 12.7. The second-order valence-corrected chi connectivity index (χ2v) is 7.18. The van der Waals surface area contributed by atoms with Crippen LogP contribution < -0.4 is 14.3 Å². The predicted octanol–water partition coefficient (Wildman–Crippen LogP) is 3.54. The van der Waals surface area contributed by atoms with E-state index in [1.165, 1.54) is 11.3 Å². The fraction of sp³-hybridized carbons (Fsp3) is 0.190. The number of aromatic nitrogens is 1. The zero-order valence-electron chi connectivity index (χ0n) is 15.7. The number of amides is 1. The van der Waals surface area contributed by atoms with Gasteiger partial charge in [-0.2, -0.15) is 4.99 Å². The molecule has 0 spiro atoms. The molecule has 0 saturated carbocycles. The molecule has 29 heavy (non-hydrogen) atoms. The summed E-state index contributed by atoms with van der Waals surface area (Å²) in [4.78, 5) is 29.6. The van der Waals surface area contributed by atoms with Crippen LogP contribution >= 0.6 is 11.3 Å². The average molecular weight is 410 g/mol. The molecule has 2 aromatic carbocycles. The van der Waals surface area contributed by atoms with Crippen molar-refractivity contribution < 1.29 is 23.8 Å². The molecule has 0 fully saturated rings. The van der Waals surface area contributed by atoms with E-state index in [0.29, 0.717) is 40.6 Å². The number of hydrogen-bond acceptors (Lipinski definition) is 6. The third kappa shape index (κ3) is 3.66. The Morgan fingerprint density at radius 3 is 2.79 bits per heavy atom. The van der Waals surface area contributed by atoms with Gasteiger partial charge in [-0.25, -0.2) is 4.79 Å². The van der Waals surface area contributed by atoms with Crippen LogP contribution in [0.15, 0.2) is 54.0 Å². The smallest absolute Gasteiger partial charge is 0.338 e. The maximum Gasteiger partial charge on any atom is 0.338 e. The number of rotatable bonds is 5. The van der Waals surface area contributed by atoms with Crippen LogP contribution in [0.2, 0.25) is 0 Å². The van der Waals surface area contributed by atoms with Crippen molar-refractivity contribution in [1.29, 1.82) is 0 Å². The first-order valence-electron chi connectivity index (χ1n) is 9.01. The van der Waals surface area contributed by atoms with Crippen LogP contribution in [0, 0.1) is 0 Å². The van der Waals surface area contributed by atoms with E-state index < -0.39 is 5.91 Å². The normalized spacial score (nSPS) is 12.9. The van der Waals surface area contributed by atoms with Crippen molar-refractivity contribution in [3.63, 3.8) is 0 Å². The number of ether oxygens (including phenoxy) is 3. The van der Waals surface area contributed by atoms with Gasteiger partial charge in [-0.05, 0) is 43.3 Å². The molecule has 0 atom stereocenters. The quantitative estimate of drug-likeness (QED) is 0.475. The van der Waals surface area contributed by atoms with Crippen LogP contribution in [0.3, 0.4) is 0 Å². The number of thiazole rings is 1. The first kappa shape index (κ1) is 18.9. The summed E-state index contributed by atoms with van der Waals surface area (Å²) in [6.07, 6.45) is 1.73. The number of esters is 1. The molecular weight excluding hydrogens is 392 g/mol. The van der Waals surface area contributed by atoms with Crippen molar-refractivity contribution >= 4 is 33.4 Å². The van der Waals surface area contributed by atoms with Gasteiger partial charge in [-0.3, -0.25) is 4.79 Å². The summed E-state index contributed by atoms with van der Waals surface area (Å²) >= 11 is 1.33. The van der Waals surface area contributed by atoms with Gasteiger partial charge >= 0.3 is 5.97 Å². The van der Waals surface area contributed by atoms with Crippen LogP contribution in [0.4, 0.5) is 0 Å². The van der Waals surface area contributed by atoms with Crippen LogP contribution in [0.5, 0.6) is 11.5 Å². The average Bonchev–Trinajstić information content (AvgIpc) is 3.32. The largest absolute Gasteiger partial charge is 0.462 e. The van der Waals surface area contributed by atoms with Gasteiger partial charge < -0.3 is 18.8 Å². The summed E-state index contributed by atoms with van der Waals surface area (Å²) in [5.41, 5.74) is 1.73. The highest BCUT2D eigenvalue weighted by atomic mass is 32.1. The molecule has 0 N–H and O–H groups in total. The number of hydrogen-bond donors (Lipinski definition) is 0. The van der Waals surface area contributed by atoms with Gasteiger partial charge in [0.25, 0.3) is 5.91 Å².